The Labute approximate surface area is 108 Å². The third-order valence-electron chi connectivity index (χ3n) is 2.73. The molecule has 0 aromatic carbocycles. The van der Waals surface area contributed by atoms with Crippen LogP contribution >= 0.6 is 0 Å². The van der Waals surface area contributed by atoms with Crippen LogP contribution in [-0.4, -0.2) is 36.0 Å². The Morgan fingerprint density at radius 2 is 2.11 bits per heavy atom. The molecular weight excluding hydrogens is 254 g/mol. The molecule has 1 aromatic heterocycles. The average Bonchev–Trinajstić information content (AvgIpc) is 2.69. The molecule has 104 valence electrons. The molecule has 0 aliphatic carbocycles. The van der Waals surface area contributed by atoms with Crippen LogP contribution in [0.2, 0.25) is 0 Å². The Kier molecular flexibility index (Phi) is 4.89. The van der Waals surface area contributed by atoms with Crippen molar-refractivity contribution in [3.63, 3.8) is 0 Å². The first-order valence-corrected chi connectivity index (χ1v) is 7.49. The predicted octanol–water partition coefficient (Wildman–Crippen LogP) is 0.822. The smallest absolute Gasteiger partial charge is 0.244 e. The van der Waals surface area contributed by atoms with E-state index in [0.29, 0.717) is 12.1 Å². The van der Waals surface area contributed by atoms with E-state index in [1.807, 2.05) is 20.8 Å². The van der Waals surface area contributed by atoms with Gasteiger partial charge in [-0.2, -0.15) is 5.10 Å². The molecule has 18 heavy (non-hydrogen) atoms. The summed E-state index contributed by atoms with van der Waals surface area (Å²) in [5, 5.41) is 13.2. The maximum Gasteiger partial charge on any atom is 0.244 e. The van der Waals surface area contributed by atoms with Gasteiger partial charge < -0.3 is 5.11 Å². The largest absolute Gasteiger partial charge is 0.395 e. The molecule has 1 unspecified atom stereocenters. The Hall–Kier alpha value is -0.920. The van der Waals surface area contributed by atoms with Crippen molar-refractivity contribution in [3.05, 3.63) is 11.9 Å². The molecule has 1 rings (SSSR count). The Balaban J connectivity index is 3.05. The van der Waals surface area contributed by atoms with Crippen LogP contribution in [0.1, 0.15) is 38.9 Å². The molecule has 0 aliphatic rings. The quantitative estimate of drug-likeness (QED) is 0.805. The van der Waals surface area contributed by atoms with E-state index >= 15 is 0 Å². The SMILES string of the molecule is CCC(CO)NS(=O)(=O)c1cn(C(C)C)nc1C. The van der Waals surface area contributed by atoms with Gasteiger partial charge in [-0.25, -0.2) is 13.1 Å². The van der Waals surface area contributed by atoms with E-state index in [9.17, 15) is 8.42 Å². The number of aryl methyl sites for hydroxylation is 1. The van der Waals surface area contributed by atoms with Crippen molar-refractivity contribution in [2.75, 3.05) is 6.61 Å². The van der Waals surface area contributed by atoms with Crippen molar-refractivity contribution in [1.82, 2.24) is 14.5 Å². The fourth-order valence-electron chi connectivity index (χ4n) is 1.53. The van der Waals surface area contributed by atoms with Gasteiger partial charge in [0.15, 0.2) is 0 Å². The van der Waals surface area contributed by atoms with Crippen LogP contribution in [0.3, 0.4) is 0 Å². The first-order chi connectivity index (χ1) is 8.31. The molecule has 7 heteroatoms. The van der Waals surface area contributed by atoms with Gasteiger partial charge in [0.05, 0.1) is 12.3 Å². The van der Waals surface area contributed by atoms with Crippen LogP contribution in [-0.2, 0) is 10.0 Å². The average molecular weight is 275 g/mol. The molecule has 0 saturated carbocycles. The van der Waals surface area contributed by atoms with Crippen LogP contribution in [0.4, 0.5) is 0 Å². The molecule has 2 N–H and O–H groups in total. The number of aliphatic hydroxyl groups is 1. The van der Waals surface area contributed by atoms with Crippen LogP contribution < -0.4 is 4.72 Å². The molecule has 1 atom stereocenters. The van der Waals surface area contributed by atoms with Gasteiger partial charge in [-0.1, -0.05) is 6.92 Å². The summed E-state index contributed by atoms with van der Waals surface area (Å²) < 4.78 is 28.4. The number of hydrogen-bond acceptors (Lipinski definition) is 4. The van der Waals surface area contributed by atoms with Crippen molar-refractivity contribution in [2.24, 2.45) is 0 Å². The molecule has 6 nitrogen and oxygen atoms in total. The molecular formula is C11H21N3O3S. The maximum atomic E-state index is 12.1. The highest BCUT2D eigenvalue weighted by atomic mass is 32.2. The lowest BCUT2D eigenvalue weighted by molar-refractivity contribution is 0.254. The number of nitrogens with zero attached hydrogens (tertiary/aromatic N) is 2. The third-order valence-corrected chi connectivity index (χ3v) is 4.35. The van der Waals surface area contributed by atoms with Gasteiger partial charge in [0.2, 0.25) is 10.0 Å². The number of aliphatic hydroxyl groups excluding tert-OH is 1. The Morgan fingerprint density at radius 3 is 2.50 bits per heavy atom. The lowest BCUT2D eigenvalue weighted by atomic mass is 10.3. The highest BCUT2D eigenvalue weighted by Gasteiger charge is 2.23. The van der Waals surface area contributed by atoms with Gasteiger partial charge in [0, 0.05) is 18.3 Å². The van der Waals surface area contributed by atoms with Crippen molar-refractivity contribution < 1.29 is 13.5 Å². The predicted molar refractivity (Wildman–Crippen MR) is 68.8 cm³/mol. The molecule has 1 aromatic rings. The summed E-state index contributed by atoms with van der Waals surface area (Å²) in [5.74, 6) is 0. The van der Waals surface area contributed by atoms with Crippen molar-refractivity contribution >= 4 is 10.0 Å². The first-order valence-electron chi connectivity index (χ1n) is 6.00. The zero-order valence-corrected chi connectivity index (χ0v) is 12.0. The molecule has 0 bridgehead atoms. The molecule has 0 radical (unpaired) electrons. The van der Waals surface area contributed by atoms with Crippen molar-refractivity contribution in [2.45, 2.75) is 51.1 Å². The minimum Gasteiger partial charge on any atom is -0.395 e. The lowest BCUT2D eigenvalue weighted by Gasteiger charge is -2.13. The van der Waals surface area contributed by atoms with Gasteiger partial charge in [-0.3, -0.25) is 4.68 Å². The van der Waals surface area contributed by atoms with E-state index < -0.39 is 16.1 Å². The van der Waals surface area contributed by atoms with Gasteiger partial charge in [0.25, 0.3) is 0 Å². The van der Waals surface area contributed by atoms with E-state index in [2.05, 4.69) is 9.82 Å². The van der Waals surface area contributed by atoms with Crippen molar-refractivity contribution in [1.29, 1.82) is 0 Å². The van der Waals surface area contributed by atoms with Gasteiger partial charge in [0.1, 0.15) is 4.90 Å². The summed E-state index contributed by atoms with van der Waals surface area (Å²) in [5.41, 5.74) is 0.462. The second-order valence-electron chi connectivity index (χ2n) is 4.56. The summed E-state index contributed by atoms with van der Waals surface area (Å²) >= 11 is 0. The monoisotopic (exact) mass is 275 g/mol. The molecule has 0 amide bonds. The van der Waals surface area contributed by atoms with E-state index in [1.165, 1.54) is 6.20 Å². The molecule has 1 heterocycles. The fourth-order valence-corrected chi connectivity index (χ4v) is 3.01. The van der Waals surface area contributed by atoms with E-state index in [-0.39, 0.29) is 17.5 Å². The standard InChI is InChI=1S/C11H21N3O3S/c1-5-10(7-15)13-18(16,17)11-6-14(8(2)3)12-9(11)4/h6,8,10,13,15H,5,7H2,1-4H3. The van der Waals surface area contributed by atoms with Crippen LogP contribution in [0.5, 0.6) is 0 Å². The lowest BCUT2D eigenvalue weighted by Crippen LogP contribution is -2.37. The number of hydrogen-bond donors (Lipinski definition) is 2. The normalized spacial score (nSPS) is 14.1. The number of rotatable bonds is 6. The van der Waals surface area contributed by atoms with E-state index in [1.54, 1.807) is 11.6 Å². The summed E-state index contributed by atoms with van der Waals surface area (Å²) in [6.45, 7) is 7.12. The second-order valence-corrected chi connectivity index (χ2v) is 6.24. The first kappa shape index (κ1) is 15.1. The highest BCUT2D eigenvalue weighted by molar-refractivity contribution is 7.89. The maximum absolute atomic E-state index is 12.1. The molecule has 0 saturated heterocycles. The minimum atomic E-state index is -3.62. The topological polar surface area (TPSA) is 84.2 Å². The Morgan fingerprint density at radius 1 is 1.50 bits per heavy atom. The minimum absolute atomic E-state index is 0.104. The van der Waals surface area contributed by atoms with Gasteiger partial charge in [-0.15, -0.1) is 0 Å². The van der Waals surface area contributed by atoms with Crippen LogP contribution in [0.15, 0.2) is 11.1 Å². The van der Waals surface area contributed by atoms with Gasteiger partial charge >= 0.3 is 0 Å². The summed E-state index contributed by atoms with van der Waals surface area (Å²) in [7, 11) is -3.62. The Bertz CT molecular complexity index is 490. The summed E-state index contributed by atoms with van der Waals surface area (Å²) in [6.07, 6.45) is 2.06. The number of nitrogens with one attached hydrogen (secondary N) is 1. The summed E-state index contributed by atoms with van der Waals surface area (Å²) in [4.78, 5) is 0.170. The zero-order chi connectivity index (χ0) is 13.9. The second kappa shape index (κ2) is 5.81. The van der Waals surface area contributed by atoms with Crippen LogP contribution in [0.25, 0.3) is 0 Å². The molecule has 0 fully saturated rings. The van der Waals surface area contributed by atoms with E-state index in [0.717, 1.165) is 0 Å². The summed E-state index contributed by atoms with van der Waals surface area (Å²) in [6, 6.07) is -0.357. The number of aromatic nitrogens is 2. The fraction of sp³-hybridized carbons (Fsp3) is 0.727. The van der Waals surface area contributed by atoms with Gasteiger partial charge in [-0.05, 0) is 27.2 Å². The van der Waals surface area contributed by atoms with E-state index in [4.69, 9.17) is 5.11 Å². The van der Waals surface area contributed by atoms with Crippen molar-refractivity contribution in [3.8, 4) is 0 Å². The highest BCUT2D eigenvalue weighted by Crippen LogP contribution is 2.16. The van der Waals surface area contributed by atoms with Crippen LogP contribution in [0, 0.1) is 6.92 Å². The molecule has 0 spiro atoms. The number of sulfonamides is 1. The third kappa shape index (κ3) is 3.30. The molecule has 0 aliphatic heterocycles. The zero-order valence-electron chi connectivity index (χ0n) is 11.2.